The van der Waals surface area contributed by atoms with Crippen molar-refractivity contribution in [3.8, 4) is 11.5 Å². The van der Waals surface area contributed by atoms with Crippen molar-refractivity contribution in [3.63, 3.8) is 0 Å². The number of carbonyl (C=O) groups excluding carboxylic acids is 2. The number of fused-ring (bicyclic) bond motifs is 1. The predicted octanol–water partition coefficient (Wildman–Crippen LogP) is 3.19. The molecule has 0 unspecified atom stereocenters. The van der Waals surface area contributed by atoms with Crippen LogP contribution in [0.25, 0.3) is 0 Å². The van der Waals surface area contributed by atoms with Gasteiger partial charge in [-0.1, -0.05) is 39.0 Å². The van der Waals surface area contributed by atoms with E-state index in [0.29, 0.717) is 31.1 Å². The summed E-state index contributed by atoms with van der Waals surface area (Å²) in [7, 11) is 0. The zero-order chi connectivity index (χ0) is 20.9. The Labute approximate surface area is 171 Å². The average Bonchev–Trinajstić information content (AvgIpc) is 2.71. The molecule has 0 aliphatic carbocycles. The van der Waals surface area contributed by atoms with E-state index in [9.17, 15) is 9.59 Å². The lowest BCUT2D eigenvalue weighted by atomic mass is 9.87. The van der Waals surface area contributed by atoms with Crippen LogP contribution in [-0.2, 0) is 16.8 Å². The fourth-order valence-corrected chi connectivity index (χ4v) is 3.00. The van der Waals surface area contributed by atoms with Crippen LogP contribution in [0.15, 0.2) is 42.5 Å². The third kappa shape index (κ3) is 5.73. The number of rotatable bonds is 6. The molecule has 3 rings (SSSR count). The van der Waals surface area contributed by atoms with Gasteiger partial charge in [0, 0.05) is 25.1 Å². The number of amides is 2. The number of nitrogens with one attached hydrogen (secondary N) is 2. The van der Waals surface area contributed by atoms with Crippen LogP contribution in [0.2, 0.25) is 0 Å². The van der Waals surface area contributed by atoms with Gasteiger partial charge in [0.1, 0.15) is 13.2 Å². The van der Waals surface area contributed by atoms with Gasteiger partial charge in [-0.05, 0) is 40.8 Å². The molecule has 2 aromatic rings. The highest BCUT2D eigenvalue weighted by Gasteiger charge is 2.15. The number of hydrogen-bond acceptors (Lipinski definition) is 4. The highest BCUT2D eigenvalue weighted by atomic mass is 16.6. The Kier molecular flexibility index (Phi) is 6.42. The molecule has 29 heavy (non-hydrogen) atoms. The Balaban J connectivity index is 1.41. The molecule has 0 saturated heterocycles. The number of benzene rings is 2. The molecular weight excluding hydrogens is 368 g/mol. The molecule has 0 spiro atoms. The van der Waals surface area contributed by atoms with Crippen molar-refractivity contribution in [1.29, 1.82) is 0 Å². The molecule has 0 atom stereocenters. The molecule has 0 bridgehead atoms. The summed E-state index contributed by atoms with van der Waals surface area (Å²) in [6, 6.07) is 13.2. The van der Waals surface area contributed by atoms with Crippen LogP contribution in [-0.4, -0.2) is 31.6 Å². The van der Waals surface area contributed by atoms with E-state index in [1.54, 1.807) is 0 Å². The normalized spacial score (nSPS) is 12.9. The third-order valence-corrected chi connectivity index (χ3v) is 4.75. The minimum atomic E-state index is -0.176. The van der Waals surface area contributed by atoms with Gasteiger partial charge in [-0.25, -0.2) is 0 Å². The Bertz CT molecular complexity index is 869. The van der Waals surface area contributed by atoms with E-state index in [4.69, 9.17) is 9.47 Å². The SMILES string of the molecule is CC(C)(C)c1ccc(C(=O)NCCC(=O)NCc2ccc3c(c2)OCCO3)cc1. The van der Waals surface area contributed by atoms with Crippen molar-refractivity contribution in [2.45, 2.75) is 39.2 Å². The van der Waals surface area contributed by atoms with Gasteiger partial charge in [-0.3, -0.25) is 9.59 Å². The van der Waals surface area contributed by atoms with E-state index < -0.39 is 0 Å². The van der Waals surface area contributed by atoms with Crippen molar-refractivity contribution < 1.29 is 19.1 Å². The minimum Gasteiger partial charge on any atom is -0.486 e. The molecule has 0 saturated carbocycles. The smallest absolute Gasteiger partial charge is 0.251 e. The minimum absolute atomic E-state index is 0.0459. The van der Waals surface area contributed by atoms with Crippen LogP contribution in [0.3, 0.4) is 0 Å². The Morgan fingerprint density at radius 1 is 0.931 bits per heavy atom. The Hall–Kier alpha value is -3.02. The molecule has 2 amide bonds. The Morgan fingerprint density at radius 3 is 2.31 bits per heavy atom. The fraction of sp³-hybridized carbons (Fsp3) is 0.391. The monoisotopic (exact) mass is 396 g/mol. The fourth-order valence-electron chi connectivity index (χ4n) is 3.00. The van der Waals surface area contributed by atoms with Gasteiger partial charge in [-0.2, -0.15) is 0 Å². The molecule has 0 aromatic heterocycles. The standard InChI is InChI=1S/C23H28N2O4/c1-23(2,3)18-7-5-17(6-8-18)22(27)24-11-10-21(26)25-15-16-4-9-19-20(14-16)29-13-12-28-19/h4-9,14H,10-13,15H2,1-3H3,(H,24,27)(H,25,26). The molecule has 2 N–H and O–H groups in total. The van der Waals surface area contributed by atoms with E-state index in [-0.39, 0.29) is 30.2 Å². The molecular formula is C23H28N2O4. The molecule has 6 nitrogen and oxygen atoms in total. The second-order valence-corrected chi connectivity index (χ2v) is 8.09. The first kappa shape index (κ1) is 20.7. The summed E-state index contributed by atoms with van der Waals surface area (Å²) >= 11 is 0. The summed E-state index contributed by atoms with van der Waals surface area (Å²) in [5, 5.41) is 5.65. The molecule has 1 heterocycles. The highest BCUT2D eigenvalue weighted by Crippen LogP contribution is 2.30. The summed E-state index contributed by atoms with van der Waals surface area (Å²) in [6.45, 7) is 8.16. The van der Waals surface area contributed by atoms with Gasteiger partial charge < -0.3 is 20.1 Å². The van der Waals surface area contributed by atoms with Crippen LogP contribution in [0.5, 0.6) is 11.5 Å². The lowest BCUT2D eigenvalue weighted by molar-refractivity contribution is -0.121. The van der Waals surface area contributed by atoms with Gasteiger partial charge >= 0.3 is 0 Å². The lowest BCUT2D eigenvalue weighted by Crippen LogP contribution is -2.30. The van der Waals surface area contributed by atoms with Crippen LogP contribution < -0.4 is 20.1 Å². The highest BCUT2D eigenvalue weighted by molar-refractivity contribution is 5.94. The maximum atomic E-state index is 12.2. The summed E-state index contributed by atoms with van der Waals surface area (Å²) in [6.07, 6.45) is 0.219. The summed E-state index contributed by atoms with van der Waals surface area (Å²) in [4.78, 5) is 24.3. The molecule has 6 heteroatoms. The molecule has 1 aliphatic heterocycles. The summed E-state index contributed by atoms with van der Waals surface area (Å²) in [5.41, 5.74) is 2.75. The first-order chi connectivity index (χ1) is 13.8. The number of hydrogen-bond donors (Lipinski definition) is 2. The first-order valence-corrected chi connectivity index (χ1v) is 9.87. The second-order valence-electron chi connectivity index (χ2n) is 8.09. The molecule has 1 aliphatic rings. The van der Waals surface area contributed by atoms with Gasteiger partial charge in [0.2, 0.25) is 5.91 Å². The second kappa shape index (κ2) is 8.99. The lowest BCUT2D eigenvalue weighted by Gasteiger charge is -2.19. The van der Waals surface area contributed by atoms with E-state index in [1.807, 2.05) is 42.5 Å². The van der Waals surface area contributed by atoms with Crippen molar-refractivity contribution in [1.82, 2.24) is 10.6 Å². The molecule has 0 fully saturated rings. The Morgan fingerprint density at radius 2 is 1.62 bits per heavy atom. The number of ether oxygens (including phenoxy) is 2. The largest absolute Gasteiger partial charge is 0.486 e. The van der Waals surface area contributed by atoms with Gasteiger partial charge in [0.05, 0.1) is 0 Å². The number of carbonyl (C=O) groups is 2. The van der Waals surface area contributed by atoms with E-state index in [0.717, 1.165) is 11.3 Å². The molecule has 0 radical (unpaired) electrons. The van der Waals surface area contributed by atoms with Crippen LogP contribution in [0, 0.1) is 0 Å². The van der Waals surface area contributed by atoms with E-state index in [1.165, 1.54) is 5.56 Å². The summed E-state index contributed by atoms with van der Waals surface area (Å²) in [5.74, 6) is 1.13. The topological polar surface area (TPSA) is 76.7 Å². The maximum Gasteiger partial charge on any atom is 0.251 e. The quantitative estimate of drug-likeness (QED) is 0.786. The van der Waals surface area contributed by atoms with Crippen LogP contribution in [0.1, 0.15) is 48.7 Å². The molecule has 2 aromatic carbocycles. The van der Waals surface area contributed by atoms with Crippen molar-refractivity contribution >= 4 is 11.8 Å². The van der Waals surface area contributed by atoms with Crippen molar-refractivity contribution in [2.24, 2.45) is 0 Å². The predicted molar refractivity (Wildman–Crippen MR) is 111 cm³/mol. The zero-order valence-electron chi connectivity index (χ0n) is 17.2. The van der Waals surface area contributed by atoms with Gasteiger partial charge in [0.15, 0.2) is 11.5 Å². The summed E-state index contributed by atoms with van der Waals surface area (Å²) < 4.78 is 11.0. The van der Waals surface area contributed by atoms with E-state index in [2.05, 4.69) is 31.4 Å². The first-order valence-electron chi connectivity index (χ1n) is 9.87. The molecule has 154 valence electrons. The average molecular weight is 396 g/mol. The third-order valence-electron chi connectivity index (χ3n) is 4.75. The van der Waals surface area contributed by atoms with E-state index >= 15 is 0 Å². The zero-order valence-corrected chi connectivity index (χ0v) is 17.2. The van der Waals surface area contributed by atoms with Crippen LogP contribution >= 0.6 is 0 Å². The maximum absolute atomic E-state index is 12.2. The van der Waals surface area contributed by atoms with Crippen molar-refractivity contribution in [3.05, 3.63) is 59.2 Å². The van der Waals surface area contributed by atoms with Gasteiger partial charge in [-0.15, -0.1) is 0 Å². The van der Waals surface area contributed by atoms with Crippen LogP contribution in [0.4, 0.5) is 0 Å². The van der Waals surface area contributed by atoms with Crippen molar-refractivity contribution in [2.75, 3.05) is 19.8 Å². The van der Waals surface area contributed by atoms with Gasteiger partial charge in [0.25, 0.3) is 5.91 Å².